The molecule has 0 atom stereocenters. The van der Waals surface area contributed by atoms with Gasteiger partial charge in [0, 0.05) is 18.7 Å². The van der Waals surface area contributed by atoms with Crippen molar-refractivity contribution in [2.24, 2.45) is 0 Å². The van der Waals surface area contributed by atoms with E-state index in [1.54, 1.807) is 0 Å². The monoisotopic (exact) mass is 290 g/mol. The molecule has 1 heterocycles. The summed E-state index contributed by atoms with van der Waals surface area (Å²) in [6.45, 7) is 7.38. The second kappa shape index (κ2) is 7.38. The predicted molar refractivity (Wildman–Crippen MR) is 82.4 cm³/mol. The third-order valence-electron chi connectivity index (χ3n) is 3.43. The number of hydrogen-bond acceptors (Lipinski definition) is 3. The van der Waals surface area contributed by atoms with Gasteiger partial charge in [-0.2, -0.15) is 0 Å². The summed E-state index contributed by atoms with van der Waals surface area (Å²) in [5.74, 6) is 1.74. The van der Waals surface area contributed by atoms with Gasteiger partial charge in [-0.1, -0.05) is 19.1 Å². The SMILES string of the molecule is CCNCc1cc(CN(C)Cc2ccc(F)cc2)oc1C. The highest BCUT2D eigenvalue weighted by molar-refractivity contribution is 5.21. The number of rotatable bonds is 7. The highest BCUT2D eigenvalue weighted by atomic mass is 19.1. The summed E-state index contributed by atoms with van der Waals surface area (Å²) in [6, 6.07) is 8.73. The average molecular weight is 290 g/mol. The van der Waals surface area contributed by atoms with E-state index in [1.807, 2.05) is 26.1 Å². The van der Waals surface area contributed by atoms with E-state index in [4.69, 9.17) is 4.42 Å². The first kappa shape index (κ1) is 15.7. The van der Waals surface area contributed by atoms with Crippen LogP contribution in [-0.2, 0) is 19.6 Å². The van der Waals surface area contributed by atoms with Gasteiger partial charge in [-0.3, -0.25) is 4.90 Å². The summed E-state index contributed by atoms with van der Waals surface area (Å²) in [5, 5.41) is 3.31. The first-order valence-electron chi connectivity index (χ1n) is 7.30. The molecular weight excluding hydrogens is 267 g/mol. The van der Waals surface area contributed by atoms with E-state index >= 15 is 0 Å². The van der Waals surface area contributed by atoms with Gasteiger partial charge in [0.05, 0.1) is 6.54 Å². The molecule has 21 heavy (non-hydrogen) atoms. The zero-order valence-electron chi connectivity index (χ0n) is 12.9. The summed E-state index contributed by atoms with van der Waals surface area (Å²) in [4.78, 5) is 2.16. The maximum absolute atomic E-state index is 12.9. The maximum atomic E-state index is 12.9. The molecule has 0 bridgehead atoms. The van der Waals surface area contributed by atoms with Crippen molar-refractivity contribution in [3.8, 4) is 0 Å². The molecule has 2 rings (SSSR count). The third kappa shape index (κ3) is 4.69. The van der Waals surface area contributed by atoms with E-state index < -0.39 is 0 Å². The fourth-order valence-electron chi connectivity index (χ4n) is 2.32. The molecule has 0 spiro atoms. The highest BCUT2D eigenvalue weighted by Crippen LogP contribution is 2.17. The lowest BCUT2D eigenvalue weighted by atomic mass is 10.2. The molecule has 0 saturated carbocycles. The minimum Gasteiger partial charge on any atom is -0.465 e. The van der Waals surface area contributed by atoms with Crippen LogP contribution in [0.5, 0.6) is 0 Å². The number of nitrogens with one attached hydrogen (secondary N) is 1. The molecule has 0 fully saturated rings. The molecule has 114 valence electrons. The number of aryl methyl sites for hydroxylation is 1. The molecule has 1 aromatic heterocycles. The Hall–Kier alpha value is -1.65. The van der Waals surface area contributed by atoms with Crippen LogP contribution in [0, 0.1) is 12.7 Å². The molecule has 4 heteroatoms. The van der Waals surface area contributed by atoms with E-state index in [9.17, 15) is 4.39 Å². The van der Waals surface area contributed by atoms with Crippen molar-refractivity contribution in [2.75, 3.05) is 13.6 Å². The number of furan rings is 1. The molecule has 2 aromatic rings. The van der Waals surface area contributed by atoms with Gasteiger partial charge in [-0.05, 0) is 44.3 Å². The van der Waals surface area contributed by atoms with Crippen LogP contribution in [0.15, 0.2) is 34.7 Å². The Bertz CT molecular complexity index is 563. The number of hydrogen-bond donors (Lipinski definition) is 1. The normalized spacial score (nSPS) is 11.3. The number of nitrogens with zero attached hydrogens (tertiary/aromatic N) is 1. The van der Waals surface area contributed by atoms with Gasteiger partial charge in [-0.25, -0.2) is 4.39 Å². The van der Waals surface area contributed by atoms with Crippen LogP contribution in [0.4, 0.5) is 4.39 Å². The zero-order chi connectivity index (χ0) is 15.2. The van der Waals surface area contributed by atoms with Gasteiger partial charge in [0.25, 0.3) is 0 Å². The van der Waals surface area contributed by atoms with Gasteiger partial charge in [-0.15, -0.1) is 0 Å². The van der Waals surface area contributed by atoms with Crippen molar-refractivity contribution >= 4 is 0 Å². The van der Waals surface area contributed by atoms with E-state index in [-0.39, 0.29) is 5.82 Å². The van der Waals surface area contributed by atoms with Gasteiger partial charge >= 0.3 is 0 Å². The van der Waals surface area contributed by atoms with E-state index in [1.165, 1.54) is 17.7 Å². The summed E-state index contributed by atoms with van der Waals surface area (Å²) < 4.78 is 18.7. The van der Waals surface area contributed by atoms with Crippen molar-refractivity contribution in [1.82, 2.24) is 10.2 Å². The van der Waals surface area contributed by atoms with Gasteiger partial charge in [0.1, 0.15) is 17.3 Å². The first-order chi connectivity index (χ1) is 10.1. The zero-order valence-corrected chi connectivity index (χ0v) is 12.9. The fraction of sp³-hybridized carbons (Fsp3) is 0.412. The summed E-state index contributed by atoms with van der Waals surface area (Å²) >= 11 is 0. The van der Waals surface area contributed by atoms with Gasteiger partial charge < -0.3 is 9.73 Å². The van der Waals surface area contributed by atoms with Crippen LogP contribution in [0.25, 0.3) is 0 Å². The molecule has 0 saturated heterocycles. The average Bonchev–Trinajstić information content (AvgIpc) is 2.79. The van der Waals surface area contributed by atoms with Crippen molar-refractivity contribution < 1.29 is 8.81 Å². The van der Waals surface area contributed by atoms with Crippen molar-refractivity contribution in [1.29, 1.82) is 0 Å². The standard InChI is InChI=1S/C17H23FN2O/c1-4-19-10-15-9-17(21-13(15)2)12-20(3)11-14-5-7-16(18)8-6-14/h5-9,19H,4,10-12H2,1-3H3. The summed E-state index contributed by atoms with van der Waals surface area (Å²) in [5.41, 5.74) is 2.30. The number of benzene rings is 1. The van der Waals surface area contributed by atoms with E-state index in [0.29, 0.717) is 0 Å². The Balaban J connectivity index is 1.93. The summed E-state index contributed by atoms with van der Waals surface area (Å²) in [6.07, 6.45) is 0. The Labute approximate surface area is 125 Å². The second-order valence-electron chi connectivity index (χ2n) is 5.37. The molecule has 1 N–H and O–H groups in total. The van der Waals surface area contributed by atoms with Crippen LogP contribution in [0.2, 0.25) is 0 Å². The van der Waals surface area contributed by atoms with Gasteiger partial charge in [0.2, 0.25) is 0 Å². The van der Waals surface area contributed by atoms with Crippen LogP contribution in [0.3, 0.4) is 0 Å². The molecule has 0 amide bonds. The Morgan fingerprint density at radius 2 is 1.90 bits per heavy atom. The fourth-order valence-corrected chi connectivity index (χ4v) is 2.32. The number of halogens is 1. The molecule has 0 aliphatic heterocycles. The lowest BCUT2D eigenvalue weighted by Gasteiger charge is -2.15. The Morgan fingerprint density at radius 3 is 2.57 bits per heavy atom. The topological polar surface area (TPSA) is 28.4 Å². The molecular formula is C17H23FN2O. The minimum atomic E-state index is -0.198. The van der Waals surface area contributed by atoms with E-state index in [2.05, 4.69) is 23.2 Å². The molecule has 1 aromatic carbocycles. The predicted octanol–water partition coefficient (Wildman–Crippen LogP) is 3.47. The molecule has 0 radical (unpaired) electrons. The van der Waals surface area contributed by atoms with Crippen molar-refractivity contribution in [3.05, 3.63) is 58.8 Å². The lowest BCUT2D eigenvalue weighted by molar-refractivity contribution is 0.285. The van der Waals surface area contributed by atoms with Crippen LogP contribution >= 0.6 is 0 Å². The molecule has 0 aliphatic carbocycles. The lowest BCUT2D eigenvalue weighted by Crippen LogP contribution is -2.16. The maximum Gasteiger partial charge on any atom is 0.123 e. The van der Waals surface area contributed by atoms with Crippen LogP contribution in [-0.4, -0.2) is 18.5 Å². The molecule has 0 aliphatic rings. The minimum absolute atomic E-state index is 0.198. The van der Waals surface area contributed by atoms with Gasteiger partial charge in [0.15, 0.2) is 0 Å². The summed E-state index contributed by atoms with van der Waals surface area (Å²) in [7, 11) is 2.03. The highest BCUT2D eigenvalue weighted by Gasteiger charge is 2.09. The Morgan fingerprint density at radius 1 is 1.19 bits per heavy atom. The van der Waals surface area contributed by atoms with Crippen LogP contribution < -0.4 is 5.32 Å². The largest absolute Gasteiger partial charge is 0.465 e. The second-order valence-corrected chi connectivity index (χ2v) is 5.37. The van der Waals surface area contributed by atoms with Crippen molar-refractivity contribution in [3.63, 3.8) is 0 Å². The molecule has 3 nitrogen and oxygen atoms in total. The van der Waals surface area contributed by atoms with Crippen LogP contribution in [0.1, 0.15) is 29.6 Å². The first-order valence-corrected chi connectivity index (χ1v) is 7.30. The van der Waals surface area contributed by atoms with Crippen molar-refractivity contribution in [2.45, 2.75) is 33.5 Å². The molecule has 0 unspecified atom stereocenters. The Kier molecular flexibility index (Phi) is 5.53. The van der Waals surface area contributed by atoms with E-state index in [0.717, 1.165) is 43.3 Å². The third-order valence-corrected chi connectivity index (χ3v) is 3.43. The quantitative estimate of drug-likeness (QED) is 0.846. The smallest absolute Gasteiger partial charge is 0.123 e.